The van der Waals surface area contributed by atoms with Crippen LogP contribution < -0.4 is 5.10 Å². The van der Waals surface area contributed by atoms with Crippen LogP contribution in [0.25, 0.3) is 22.4 Å². The number of allylic oxidation sites excluding steroid dienone is 3. The van der Waals surface area contributed by atoms with Crippen LogP contribution in [0.3, 0.4) is 0 Å². The number of nitrogens with one attached hydrogen (secondary N) is 2. The van der Waals surface area contributed by atoms with Crippen molar-refractivity contribution in [2.75, 3.05) is 0 Å². The van der Waals surface area contributed by atoms with Crippen LogP contribution >= 0.6 is 0 Å². The van der Waals surface area contributed by atoms with Crippen LogP contribution in [-0.2, 0) is 21.1 Å². The third-order valence-corrected chi connectivity index (χ3v) is 3.02. The van der Waals surface area contributed by atoms with E-state index in [0.717, 1.165) is 17.1 Å². The van der Waals surface area contributed by atoms with E-state index in [9.17, 15) is 0 Å². The van der Waals surface area contributed by atoms with Crippen LogP contribution in [0.15, 0.2) is 66.7 Å². The Morgan fingerprint density at radius 1 is 1.32 bits per heavy atom. The van der Waals surface area contributed by atoms with Crippen molar-refractivity contribution < 1.29 is 21.1 Å². The molecular weight excluding hydrogens is 495 g/mol. The van der Waals surface area contributed by atoms with Gasteiger partial charge in [-0.3, -0.25) is 4.98 Å². The summed E-state index contributed by atoms with van der Waals surface area (Å²) >= 11 is 0. The number of aromatic nitrogens is 3. The zero-order valence-corrected chi connectivity index (χ0v) is 16.2. The van der Waals surface area contributed by atoms with E-state index in [1.165, 1.54) is 6.08 Å². The molecule has 0 bridgehead atoms. The number of aryl methyl sites for hydroxylation is 1. The summed E-state index contributed by atoms with van der Waals surface area (Å²) in [4.78, 5) is 4.16. The summed E-state index contributed by atoms with van der Waals surface area (Å²) in [5.41, 5.74) is 10.9. The first-order valence-electron chi connectivity index (χ1n) is 7.46. The molecule has 1 aliphatic heterocycles. The molecule has 1 unspecified atom stereocenters. The molecule has 0 aliphatic carbocycles. The zero-order valence-electron chi connectivity index (χ0n) is 14.0. The minimum Gasteiger partial charge on any atom is -0.703 e. The van der Waals surface area contributed by atoms with Crippen LogP contribution in [-0.4, -0.2) is 21.8 Å². The zero-order chi connectivity index (χ0) is 17.4. The van der Waals surface area contributed by atoms with Gasteiger partial charge in [0.25, 0.3) is 0 Å². The predicted molar refractivity (Wildman–Crippen MR) is 96.8 cm³/mol. The molecule has 6 nitrogen and oxygen atoms in total. The molecular formula is C18H19N6Pt-3. The number of hydrogen-bond donors (Lipinski definition) is 1. The maximum absolute atomic E-state index is 7.54. The molecule has 0 saturated heterocycles. The number of nitrogens with zero attached hydrogens (tertiary/aromatic N) is 4. The van der Waals surface area contributed by atoms with E-state index in [1.807, 2.05) is 49.4 Å². The van der Waals surface area contributed by atoms with Gasteiger partial charge in [0.05, 0.1) is 0 Å². The third-order valence-electron chi connectivity index (χ3n) is 3.02. The van der Waals surface area contributed by atoms with Crippen molar-refractivity contribution in [2.45, 2.75) is 19.9 Å². The average Bonchev–Trinajstić information content (AvgIpc) is 3.03. The molecule has 134 valence electrons. The largest absolute Gasteiger partial charge is 0.703 e. The Hall–Kier alpha value is -2.46. The predicted octanol–water partition coefficient (Wildman–Crippen LogP) is 4.19. The van der Waals surface area contributed by atoms with Gasteiger partial charge in [-0.25, -0.2) is 0 Å². The Morgan fingerprint density at radius 2 is 2.12 bits per heavy atom. The van der Waals surface area contributed by atoms with Crippen LogP contribution in [0.2, 0.25) is 0 Å². The Morgan fingerprint density at radius 3 is 2.64 bits per heavy atom. The molecule has 0 amide bonds. The van der Waals surface area contributed by atoms with Gasteiger partial charge in [0.15, 0.2) is 0 Å². The van der Waals surface area contributed by atoms with E-state index < -0.39 is 0 Å². The van der Waals surface area contributed by atoms with Crippen molar-refractivity contribution in [3.63, 3.8) is 0 Å². The molecule has 3 rings (SSSR count). The first kappa shape index (κ1) is 20.6. The number of rotatable bonds is 3. The van der Waals surface area contributed by atoms with E-state index in [-0.39, 0.29) is 27.1 Å². The minimum absolute atomic E-state index is 0. The minimum atomic E-state index is -0.199. The fourth-order valence-corrected chi connectivity index (χ4v) is 1.94. The second kappa shape index (κ2) is 10.4. The first-order valence-corrected chi connectivity index (χ1v) is 7.46. The van der Waals surface area contributed by atoms with Gasteiger partial charge >= 0.3 is 0 Å². The van der Waals surface area contributed by atoms with Crippen molar-refractivity contribution in [1.82, 2.24) is 15.2 Å². The molecule has 0 spiro atoms. The Bertz CT molecular complexity index is 761. The normalized spacial score (nSPS) is 15.4. The third kappa shape index (κ3) is 6.89. The van der Waals surface area contributed by atoms with Crippen molar-refractivity contribution in [2.24, 2.45) is 0 Å². The van der Waals surface area contributed by atoms with Gasteiger partial charge in [-0.2, -0.15) is 11.9 Å². The molecule has 0 aromatic carbocycles. The van der Waals surface area contributed by atoms with Crippen molar-refractivity contribution in [1.29, 1.82) is 5.41 Å². The second-order valence-electron chi connectivity index (χ2n) is 5.19. The summed E-state index contributed by atoms with van der Waals surface area (Å²) in [6.45, 7) is 3.57. The van der Waals surface area contributed by atoms with E-state index >= 15 is 0 Å². The molecule has 1 aliphatic rings. The summed E-state index contributed by atoms with van der Waals surface area (Å²) in [6, 6.07) is 7.46. The maximum atomic E-state index is 7.54. The molecule has 7 heteroatoms. The maximum Gasteiger partial charge on any atom is 0.0494 e. The first-order chi connectivity index (χ1) is 11.6. The van der Waals surface area contributed by atoms with E-state index in [2.05, 4.69) is 20.5 Å². The quantitative estimate of drug-likeness (QED) is 0.622. The Balaban J connectivity index is 0.000000240. The molecule has 2 aromatic heterocycles. The van der Waals surface area contributed by atoms with Gasteiger partial charge in [-0.15, -0.1) is 0 Å². The molecule has 2 aromatic rings. The fourth-order valence-electron chi connectivity index (χ4n) is 1.94. The average molecular weight is 514 g/mol. The van der Waals surface area contributed by atoms with Crippen LogP contribution in [0, 0.1) is 12.3 Å². The molecule has 0 fully saturated rings. The molecule has 3 heterocycles. The van der Waals surface area contributed by atoms with Gasteiger partial charge in [0, 0.05) is 44.4 Å². The Labute approximate surface area is 162 Å². The van der Waals surface area contributed by atoms with Gasteiger partial charge in [0.1, 0.15) is 0 Å². The van der Waals surface area contributed by atoms with Crippen LogP contribution in [0.5, 0.6) is 0 Å². The SMILES string of the molecule is CC(=N)/C=C(\[NH-])C1C=CC=C[N-]1.Cc1cc(-c2ccccn2)[n-]n1.[Pt]. The van der Waals surface area contributed by atoms with Gasteiger partial charge in [-0.05, 0) is 26.0 Å². The second-order valence-corrected chi connectivity index (χ2v) is 5.19. The topological polar surface area (TPSA) is 102 Å². The summed E-state index contributed by atoms with van der Waals surface area (Å²) in [6.07, 6.45) is 10.4. The summed E-state index contributed by atoms with van der Waals surface area (Å²) in [7, 11) is 0. The summed E-state index contributed by atoms with van der Waals surface area (Å²) in [5.74, 6) is 0. The number of pyridine rings is 1. The monoisotopic (exact) mass is 514 g/mol. The molecule has 1 atom stereocenters. The standard InChI is InChI=1S/C9H8N3.C9H11N3.Pt/c1-7-6-9(12-11-7)8-4-2-3-5-10-8;1-7(10)6-8(11)9-4-2-3-5-12-9;/h2-6H,1H3;2-6,9-11H,1H3;/q-1;-2;/b;8-6-,10-7?;. The van der Waals surface area contributed by atoms with E-state index in [1.54, 1.807) is 19.3 Å². The molecule has 25 heavy (non-hydrogen) atoms. The van der Waals surface area contributed by atoms with Gasteiger partial charge < -0.3 is 26.7 Å². The van der Waals surface area contributed by atoms with Gasteiger partial charge in [-0.1, -0.05) is 48.2 Å². The number of hydrogen-bond acceptors (Lipinski definition) is 3. The van der Waals surface area contributed by atoms with Crippen molar-refractivity contribution in [3.8, 4) is 11.4 Å². The summed E-state index contributed by atoms with van der Waals surface area (Å²) in [5, 5.41) is 19.1. The fraction of sp³-hybridized carbons (Fsp3) is 0.167. The molecule has 0 saturated carbocycles. The smallest absolute Gasteiger partial charge is 0.0494 e. The van der Waals surface area contributed by atoms with Gasteiger partial charge in [0.2, 0.25) is 0 Å². The molecule has 2 N–H and O–H groups in total. The summed E-state index contributed by atoms with van der Waals surface area (Å²) < 4.78 is 0. The van der Waals surface area contributed by atoms with E-state index in [4.69, 9.17) is 11.1 Å². The molecule has 0 radical (unpaired) electrons. The van der Waals surface area contributed by atoms with Crippen molar-refractivity contribution >= 4 is 5.71 Å². The van der Waals surface area contributed by atoms with E-state index in [0.29, 0.717) is 11.4 Å². The Kier molecular flexibility index (Phi) is 8.57. The van der Waals surface area contributed by atoms with Crippen LogP contribution in [0.4, 0.5) is 0 Å². The van der Waals surface area contributed by atoms with Crippen molar-refractivity contribution in [3.05, 3.63) is 83.4 Å². The van der Waals surface area contributed by atoms with Crippen LogP contribution in [0.1, 0.15) is 12.6 Å².